The second-order valence-electron chi connectivity index (χ2n) is 6.06. The molecule has 1 N–H and O–H groups in total. The lowest BCUT2D eigenvalue weighted by atomic mass is 9.93. The van der Waals surface area contributed by atoms with Gasteiger partial charge in [-0.25, -0.2) is 4.79 Å². The Bertz CT molecular complexity index is 488. The van der Waals surface area contributed by atoms with Crippen molar-refractivity contribution in [3.05, 3.63) is 28.5 Å². The van der Waals surface area contributed by atoms with Crippen LogP contribution >= 0.6 is 15.9 Å². The highest BCUT2D eigenvalue weighted by atomic mass is 79.9. The van der Waals surface area contributed by atoms with Crippen LogP contribution in [0.25, 0.3) is 0 Å². The maximum Gasteiger partial charge on any atom is 0.408 e. The number of aromatic nitrogens is 1. The van der Waals surface area contributed by atoms with Gasteiger partial charge in [-0.15, -0.1) is 0 Å². The molecule has 0 aliphatic carbocycles. The van der Waals surface area contributed by atoms with E-state index in [2.05, 4.69) is 26.2 Å². The lowest BCUT2D eigenvalue weighted by Gasteiger charge is -2.31. The third-order valence-corrected chi connectivity index (χ3v) is 3.36. The number of rotatable bonds is 5. The Labute approximate surface area is 134 Å². The van der Waals surface area contributed by atoms with E-state index in [1.165, 1.54) is 0 Å². The number of hydrogen-bond donors (Lipinski definition) is 1. The zero-order valence-electron chi connectivity index (χ0n) is 13.2. The molecule has 1 amide bonds. The first-order valence-corrected chi connectivity index (χ1v) is 7.58. The van der Waals surface area contributed by atoms with E-state index in [1.807, 2.05) is 39.8 Å². The largest absolute Gasteiger partial charge is 0.444 e. The molecule has 0 bridgehead atoms. The quantitative estimate of drug-likeness (QED) is 0.872. The summed E-state index contributed by atoms with van der Waals surface area (Å²) in [6, 6.07) is 3.72. The molecule has 1 atom stereocenters. The van der Waals surface area contributed by atoms with Crippen LogP contribution in [0, 0.1) is 0 Å². The normalized spacial score (nSPS) is 14.4. The molecule has 6 heteroatoms. The predicted molar refractivity (Wildman–Crippen MR) is 85.2 cm³/mol. The van der Waals surface area contributed by atoms with Crippen LogP contribution in [0.5, 0.6) is 0 Å². The monoisotopic (exact) mass is 358 g/mol. The van der Waals surface area contributed by atoms with Gasteiger partial charge in [-0.05, 0) is 46.2 Å². The number of nitrogens with one attached hydrogen (secondary N) is 1. The van der Waals surface area contributed by atoms with Crippen molar-refractivity contribution in [2.45, 2.75) is 45.3 Å². The van der Waals surface area contributed by atoms with Crippen LogP contribution in [0.1, 0.15) is 39.8 Å². The molecule has 0 saturated carbocycles. The van der Waals surface area contributed by atoms with E-state index in [-0.39, 0.29) is 0 Å². The molecule has 1 heterocycles. The molecule has 5 nitrogen and oxygen atoms in total. The average molecular weight is 359 g/mol. The van der Waals surface area contributed by atoms with Crippen molar-refractivity contribution < 1.29 is 14.3 Å². The zero-order valence-corrected chi connectivity index (χ0v) is 14.8. The summed E-state index contributed by atoms with van der Waals surface area (Å²) in [5, 5.41) is 2.90. The standard InChI is InChI=1S/C15H23BrN2O3/c1-14(2,3)21-13(19)18-15(4,7-9-20-5)12-10-11(16)6-8-17-12/h6,8,10H,7,9H2,1-5H3,(H,18,19). The SMILES string of the molecule is COCCC(C)(NC(=O)OC(C)(C)C)c1cc(Br)ccn1. The first-order valence-electron chi connectivity index (χ1n) is 6.78. The Kier molecular flexibility index (Phi) is 6.16. The van der Waals surface area contributed by atoms with Crippen LogP contribution in [-0.2, 0) is 15.0 Å². The van der Waals surface area contributed by atoms with Crippen molar-refractivity contribution in [1.29, 1.82) is 0 Å². The number of hydrogen-bond acceptors (Lipinski definition) is 4. The van der Waals surface area contributed by atoms with Crippen molar-refractivity contribution in [3.63, 3.8) is 0 Å². The minimum absolute atomic E-state index is 0.470. The summed E-state index contributed by atoms with van der Waals surface area (Å²) < 4.78 is 11.4. The van der Waals surface area contributed by atoms with Gasteiger partial charge in [-0.3, -0.25) is 4.98 Å². The lowest BCUT2D eigenvalue weighted by molar-refractivity contribution is 0.0433. The summed E-state index contributed by atoms with van der Waals surface area (Å²) in [4.78, 5) is 16.4. The molecular weight excluding hydrogens is 336 g/mol. The van der Waals surface area contributed by atoms with E-state index in [9.17, 15) is 4.79 Å². The smallest absolute Gasteiger partial charge is 0.408 e. The number of halogens is 1. The number of alkyl carbamates (subject to hydrolysis) is 1. The average Bonchev–Trinajstić information content (AvgIpc) is 2.34. The molecule has 0 aromatic carbocycles. The van der Waals surface area contributed by atoms with Crippen LogP contribution in [0.2, 0.25) is 0 Å². The summed E-state index contributed by atoms with van der Waals surface area (Å²) >= 11 is 3.42. The number of ether oxygens (including phenoxy) is 2. The van der Waals surface area contributed by atoms with Gasteiger partial charge in [0.25, 0.3) is 0 Å². The van der Waals surface area contributed by atoms with Crippen molar-refractivity contribution in [2.75, 3.05) is 13.7 Å². The van der Waals surface area contributed by atoms with E-state index in [4.69, 9.17) is 9.47 Å². The van der Waals surface area contributed by atoms with Crippen molar-refractivity contribution in [1.82, 2.24) is 10.3 Å². The van der Waals surface area contributed by atoms with Gasteiger partial charge in [-0.2, -0.15) is 0 Å². The minimum atomic E-state index is -0.665. The van der Waals surface area contributed by atoms with Gasteiger partial charge in [0, 0.05) is 24.4 Å². The number of carbonyl (C=O) groups is 1. The third kappa shape index (κ3) is 6.01. The van der Waals surface area contributed by atoms with Crippen molar-refractivity contribution in [3.8, 4) is 0 Å². The highest BCUT2D eigenvalue weighted by molar-refractivity contribution is 9.10. The molecule has 0 aliphatic heterocycles. The fraction of sp³-hybridized carbons (Fsp3) is 0.600. The van der Waals surface area contributed by atoms with Gasteiger partial charge >= 0.3 is 6.09 Å². The summed E-state index contributed by atoms with van der Waals surface area (Å²) in [5.41, 5.74) is -0.459. The topological polar surface area (TPSA) is 60.5 Å². The predicted octanol–water partition coefficient (Wildman–Crippen LogP) is 3.62. The second kappa shape index (κ2) is 7.22. The minimum Gasteiger partial charge on any atom is -0.444 e. The summed E-state index contributed by atoms with van der Waals surface area (Å²) in [7, 11) is 1.63. The fourth-order valence-corrected chi connectivity index (χ4v) is 2.13. The molecule has 0 fully saturated rings. The number of methoxy groups -OCH3 is 1. The Morgan fingerprint density at radius 3 is 2.57 bits per heavy atom. The molecule has 1 aromatic rings. The molecule has 21 heavy (non-hydrogen) atoms. The molecule has 0 aliphatic rings. The lowest BCUT2D eigenvalue weighted by Crippen LogP contribution is -2.47. The first-order chi connectivity index (χ1) is 9.66. The summed E-state index contributed by atoms with van der Waals surface area (Å²) in [6.07, 6.45) is 1.82. The Hall–Kier alpha value is -1.14. The zero-order chi connectivity index (χ0) is 16.1. The van der Waals surface area contributed by atoms with E-state index in [0.717, 1.165) is 10.2 Å². The number of amides is 1. The summed E-state index contributed by atoms with van der Waals surface area (Å²) in [6.45, 7) is 7.90. The van der Waals surface area contributed by atoms with E-state index < -0.39 is 17.2 Å². The number of pyridine rings is 1. The maximum atomic E-state index is 12.1. The molecule has 0 radical (unpaired) electrons. The molecule has 1 aromatic heterocycles. The van der Waals surface area contributed by atoms with Gasteiger partial charge in [0.1, 0.15) is 5.60 Å². The Morgan fingerprint density at radius 1 is 1.38 bits per heavy atom. The Balaban J connectivity index is 2.96. The van der Waals surface area contributed by atoms with Crippen LogP contribution in [0.3, 0.4) is 0 Å². The van der Waals surface area contributed by atoms with Gasteiger partial charge in [0.05, 0.1) is 11.2 Å². The number of carbonyl (C=O) groups excluding carboxylic acids is 1. The molecule has 1 rings (SSSR count). The third-order valence-electron chi connectivity index (χ3n) is 2.87. The molecular formula is C15H23BrN2O3. The van der Waals surface area contributed by atoms with Gasteiger partial charge in [-0.1, -0.05) is 15.9 Å². The van der Waals surface area contributed by atoms with E-state index in [1.54, 1.807) is 13.3 Å². The van der Waals surface area contributed by atoms with Gasteiger partial charge in [0.15, 0.2) is 0 Å². The van der Waals surface area contributed by atoms with Crippen molar-refractivity contribution >= 4 is 22.0 Å². The fourth-order valence-electron chi connectivity index (χ4n) is 1.80. The maximum absolute atomic E-state index is 12.1. The highest BCUT2D eigenvalue weighted by Crippen LogP contribution is 2.26. The van der Waals surface area contributed by atoms with Crippen LogP contribution in [0.4, 0.5) is 4.79 Å². The molecule has 0 saturated heterocycles. The second-order valence-corrected chi connectivity index (χ2v) is 6.98. The van der Waals surface area contributed by atoms with Crippen LogP contribution in [-0.4, -0.2) is 30.4 Å². The van der Waals surface area contributed by atoms with Gasteiger partial charge < -0.3 is 14.8 Å². The highest BCUT2D eigenvalue weighted by Gasteiger charge is 2.32. The van der Waals surface area contributed by atoms with Crippen LogP contribution in [0.15, 0.2) is 22.8 Å². The first kappa shape index (κ1) is 17.9. The van der Waals surface area contributed by atoms with E-state index in [0.29, 0.717) is 13.0 Å². The van der Waals surface area contributed by atoms with Crippen LogP contribution < -0.4 is 5.32 Å². The molecule has 1 unspecified atom stereocenters. The van der Waals surface area contributed by atoms with Gasteiger partial charge in [0.2, 0.25) is 0 Å². The number of nitrogens with zero attached hydrogens (tertiary/aromatic N) is 1. The van der Waals surface area contributed by atoms with Crippen molar-refractivity contribution in [2.24, 2.45) is 0 Å². The summed E-state index contributed by atoms with van der Waals surface area (Å²) in [5.74, 6) is 0. The van der Waals surface area contributed by atoms with E-state index >= 15 is 0 Å². The molecule has 0 spiro atoms. The Morgan fingerprint density at radius 2 is 2.05 bits per heavy atom. The molecule has 118 valence electrons.